The number of aromatic nitrogens is 2. The van der Waals surface area contributed by atoms with Crippen LogP contribution in [0.3, 0.4) is 0 Å². The third-order valence-corrected chi connectivity index (χ3v) is 10.1. The Kier molecular flexibility index (Phi) is 3.41. The van der Waals surface area contributed by atoms with Crippen molar-refractivity contribution in [2.75, 3.05) is 0 Å². The fourth-order valence-electron chi connectivity index (χ4n) is 1.83. The summed E-state index contributed by atoms with van der Waals surface area (Å²) in [7, 11) is -1.66. The van der Waals surface area contributed by atoms with Crippen LogP contribution in [0.2, 0.25) is 23.2 Å². The van der Waals surface area contributed by atoms with Crippen molar-refractivity contribution in [2.24, 2.45) is 0 Å². The van der Waals surface area contributed by atoms with Gasteiger partial charge >= 0.3 is 0 Å². The largest absolute Gasteiger partial charge is 0.358 e. The second-order valence-electron chi connectivity index (χ2n) is 6.18. The van der Waals surface area contributed by atoms with Gasteiger partial charge < -0.3 is 4.23 Å². The number of nitrogens with zero attached hydrogens (tertiary/aromatic N) is 2. The third-order valence-electron chi connectivity index (χ3n) is 4.00. The first-order valence-electron chi connectivity index (χ1n) is 5.97. The summed E-state index contributed by atoms with van der Waals surface area (Å²) in [6, 6.07) is 1.97. The molecule has 0 N–H and O–H groups in total. The van der Waals surface area contributed by atoms with Crippen LogP contribution in [0.15, 0.2) is 22.9 Å². The molecule has 2 aromatic rings. The Hall–Kier alpha value is -0.323. The van der Waals surface area contributed by atoms with Crippen LogP contribution in [-0.4, -0.2) is 17.5 Å². The highest BCUT2D eigenvalue weighted by Gasteiger charge is 2.38. The predicted octanol–water partition coefficient (Wildman–Crippen LogP) is 5.31. The van der Waals surface area contributed by atoms with Gasteiger partial charge in [0.2, 0.25) is 0 Å². The molecule has 0 aliphatic carbocycles. The molecule has 0 aliphatic heterocycles. The summed E-state index contributed by atoms with van der Waals surface area (Å²) in [5, 5.41) is 2.03. The Morgan fingerprint density at radius 2 is 1.94 bits per heavy atom. The molecule has 0 unspecified atom stereocenters. The molecule has 0 saturated heterocycles. The summed E-state index contributed by atoms with van der Waals surface area (Å²) in [6.45, 7) is 11.6. The zero-order valence-corrected chi connectivity index (χ0v) is 14.7. The molecule has 0 aromatic carbocycles. The molecule has 2 aromatic heterocycles. The van der Waals surface area contributed by atoms with Crippen molar-refractivity contribution in [3.63, 3.8) is 0 Å². The Morgan fingerprint density at radius 1 is 1.33 bits per heavy atom. The minimum absolute atomic E-state index is 0.264. The zero-order valence-electron chi connectivity index (χ0n) is 11.4. The van der Waals surface area contributed by atoms with Gasteiger partial charge in [-0.1, -0.05) is 45.5 Å². The van der Waals surface area contributed by atoms with E-state index in [0.717, 1.165) is 15.5 Å². The van der Waals surface area contributed by atoms with Crippen molar-refractivity contribution in [2.45, 2.75) is 38.9 Å². The predicted molar refractivity (Wildman–Crippen MR) is 85.0 cm³/mol. The molecule has 0 atom stereocenters. The van der Waals surface area contributed by atoms with E-state index in [1.807, 2.05) is 6.07 Å². The first kappa shape index (κ1) is 14.1. The van der Waals surface area contributed by atoms with E-state index >= 15 is 0 Å². The maximum absolute atomic E-state index is 6.02. The second-order valence-corrected chi connectivity index (χ2v) is 12.6. The molecule has 2 rings (SSSR count). The summed E-state index contributed by atoms with van der Waals surface area (Å²) < 4.78 is 3.43. The number of halogens is 2. The van der Waals surface area contributed by atoms with Gasteiger partial charge in [-0.3, -0.25) is 0 Å². The maximum atomic E-state index is 6.02. The topological polar surface area (TPSA) is 17.8 Å². The maximum Gasteiger partial charge on any atom is 0.163 e. The molecule has 18 heavy (non-hydrogen) atoms. The molecule has 0 spiro atoms. The quantitative estimate of drug-likeness (QED) is 0.641. The molecule has 0 fully saturated rings. The lowest BCUT2D eigenvalue weighted by molar-refractivity contribution is 0.702. The standard InChI is InChI=1S/C13H18BrClN2Si/c1-13(2,3)18(4,5)17-8-11(14)10-6-9(15)7-16-12(10)17/h6-8H,1-5H3. The number of pyridine rings is 1. The highest BCUT2D eigenvalue weighted by atomic mass is 79.9. The molecular weight excluding hydrogens is 328 g/mol. The number of fused-ring (bicyclic) bond motifs is 1. The van der Waals surface area contributed by atoms with Crippen LogP contribution >= 0.6 is 27.5 Å². The van der Waals surface area contributed by atoms with Gasteiger partial charge in [0.25, 0.3) is 0 Å². The lowest BCUT2D eigenvalue weighted by Crippen LogP contribution is -2.45. The summed E-state index contributed by atoms with van der Waals surface area (Å²) in [5.41, 5.74) is 1.03. The number of rotatable bonds is 1. The lowest BCUT2D eigenvalue weighted by Gasteiger charge is -2.38. The van der Waals surface area contributed by atoms with Crippen LogP contribution in [0.5, 0.6) is 0 Å². The molecule has 2 heterocycles. The Balaban J connectivity index is 2.74. The average Bonchev–Trinajstić information content (AvgIpc) is 2.55. The smallest absolute Gasteiger partial charge is 0.163 e. The van der Waals surface area contributed by atoms with E-state index in [1.165, 1.54) is 0 Å². The SMILES string of the molecule is CC(C)(C)[Si](C)(C)n1cc(Br)c2cc(Cl)cnc21. The molecule has 0 aliphatic rings. The van der Waals surface area contributed by atoms with Crippen LogP contribution in [0, 0.1) is 0 Å². The van der Waals surface area contributed by atoms with Crippen LogP contribution in [0.1, 0.15) is 20.8 Å². The van der Waals surface area contributed by atoms with Crippen molar-refractivity contribution >= 4 is 46.8 Å². The Bertz CT molecular complexity index is 599. The first-order valence-corrected chi connectivity index (χ1v) is 10.1. The van der Waals surface area contributed by atoms with Crippen molar-refractivity contribution in [1.82, 2.24) is 9.22 Å². The molecule has 0 amide bonds. The molecular formula is C13H18BrClN2Si. The monoisotopic (exact) mass is 344 g/mol. The summed E-state index contributed by atoms with van der Waals surface area (Å²) >= 11 is 9.64. The van der Waals surface area contributed by atoms with Crippen LogP contribution in [0.4, 0.5) is 0 Å². The van der Waals surface area contributed by atoms with Crippen LogP contribution < -0.4 is 0 Å². The minimum atomic E-state index is -1.66. The molecule has 0 saturated carbocycles. The normalized spacial score (nSPS) is 13.3. The summed E-state index contributed by atoms with van der Waals surface area (Å²) in [5.74, 6) is 0. The zero-order chi connectivity index (χ0) is 13.7. The molecule has 98 valence electrons. The van der Waals surface area contributed by atoms with E-state index < -0.39 is 8.24 Å². The third kappa shape index (κ3) is 2.15. The highest BCUT2D eigenvalue weighted by Crippen LogP contribution is 2.40. The van der Waals surface area contributed by atoms with E-state index in [0.29, 0.717) is 5.02 Å². The van der Waals surface area contributed by atoms with Crippen LogP contribution in [-0.2, 0) is 0 Å². The van der Waals surface area contributed by atoms with Gasteiger partial charge in [0.05, 0.1) is 5.02 Å². The van der Waals surface area contributed by atoms with Gasteiger partial charge in [-0.25, -0.2) is 4.98 Å². The van der Waals surface area contributed by atoms with Gasteiger partial charge in [-0.15, -0.1) is 0 Å². The highest BCUT2D eigenvalue weighted by molar-refractivity contribution is 9.10. The van der Waals surface area contributed by atoms with Gasteiger partial charge in [-0.05, 0) is 27.0 Å². The minimum Gasteiger partial charge on any atom is -0.358 e. The molecule has 5 heteroatoms. The fraction of sp³-hybridized carbons (Fsp3) is 0.462. The van der Waals surface area contributed by atoms with Gasteiger partial charge in [0, 0.05) is 22.3 Å². The fourth-order valence-corrected chi connectivity index (χ4v) is 4.56. The molecule has 0 bridgehead atoms. The van der Waals surface area contributed by atoms with E-state index in [1.54, 1.807) is 6.20 Å². The summed E-state index contributed by atoms with van der Waals surface area (Å²) in [4.78, 5) is 4.52. The summed E-state index contributed by atoms with van der Waals surface area (Å²) in [6.07, 6.45) is 3.88. The Labute approximate surface area is 123 Å². The molecule has 2 nitrogen and oxygen atoms in total. The Morgan fingerprint density at radius 3 is 2.50 bits per heavy atom. The lowest BCUT2D eigenvalue weighted by atomic mass is 10.2. The van der Waals surface area contributed by atoms with Gasteiger partial charge in [0.1, 0.15) is 5.65 Å². The van der Waals surface area contributed by atoms with E-state index in [-0.39, 0.29) is 5.04 Å². The number of hydrogen-bond donors (Lipinski definition) is 0. The molecule has 0 radical (unpaired) electrons. The van der Waals surface area contributed by atoms with Gasteiger partial charge in [-0.2, -0.15) is 0 Å². The van der Waals surface area contributed by atoms with Gasteiger partial charge in [0.15, 0.2) is 8.24 Å². The van der Waals surface area contributed by atoms with E-state index in [4.69, 9.17) is 11.6 Å². The van der Waals surface area contributed by atoms with Crippen molar-refractivity contribution in [1.29, 1.82) is 0 Å². The van der Waals surface area contributed by atoms with E-state index in [2.05, 4.69) is 65.2 Å². The number of hydrogen-bond acceptors (Lipinski definition) is 1. The van der Waals surface area contributed by atoms with Crippen molar-refractivity contribution in [3.8, 4) is 0 Å². The van der Waals surface area contributed by atoms with Crippen LogP contribution in [0.25, 0.3) is 11.0 Å². The average molecular weight is 346 g/mol. The van der Waals surface area contributed by atoms with Crippen molar-refractivity contribution < 1.29 is 0 Å². The van der Waals surface area contributed by atoms with E-state index in [9.17, 15) is 0 Å². The van der Waals surface area contributed by atoms with Crippen molar-refractivity contribution in [3.05, 3.63) is 28.0 Å². The second kappa shape index (κ2) is 4.36. The first-order chi connectivity index (χ1) is 8.14.